The number of phosphoric ester groups is 1. The van der Waals surface area contributed by atoms with Crippen molar-refractivity contribution in [3.8, 4) is 0 Å². The van der Waals surface area contributed by atoms with E-state index in [1.165, 1.54) is 13.8 Å². The van der Waals surface area contributed by atoms with Crippen molar-refractivity contribution in [1.29, 1.82) is 0 Å². The zero-order valence-electron chi connectivity index (χ0n) is 6.15. The molecule has 0 aromatic heterocycles. The lowest BCUT2D eigenvalue weighted by atomic mass is 10.2. The molecule has 0 aromatic carbocycles. The summed E-state index contributed by atoms with van der Waals surface area (Å²) in [6, 6.07) is 0. The monoisotopic (exact) mass is 204 g/mol. The molecule has 1 atom stereocenters. The lowest BCUT2D eigenvalue weighted by molar-refractivity contribution is 0.0179. The molecule has 0 radical (unpaired) electrons. The van der Waals surface area contributed by atoms with Crippen LogP contribution in [-0.2, 0) is 13.2 Å². The zero-order valence-corrected chi connectivity index (χ0v) is 7.80. The van der Waals surface area contributed by atoms with E-state index in [2.05, 4.69) is 20.5 Å². The molecule has 68 valence electrons. The average molecular weight is 205 g/mol. The first kappa shape index (κ1) is 11.4. The van der Waals surface area contributed by atoms with Gasteiger partial charge in [-0.2, -0.15) is 4.08 Å². The molecule has 0 fully saturated rings. The number of hydrogen-bond donors (Lipinski definition) is 2. The van der Waals surface area contributed by atoms with E-state index >= 15 is 0 Å². The van der Waals surface area contributed by atoms with Gasteiger partial charge in [-0.15, -0.1) is 0 Å². The molecule has 0 spiro atoms. The summed E-state index contributed by atoms with van der Waals surface area (Å²) < 4.78 is 18.3. The SMILES string of the molecule is CC(C)(O)COP(=O)(O)OCl. The van der Waals surface area contributed by atoms with E-state index in [4.69, 9.17) is 10.00 Å². The highest BCUT2D eigenvalue weighted by atomic mass is 35.5. The molecule has 0 bridgehead atoms. The van der Waals surface area contributed by atoms with E-state index in [-0.39, 0.29) is 6.61 Å². The first-order valence-electron chi connectivity index (χ1n) is 2.77. The van der Waals surface area contributed by atoms with Crippen molar-refractivity contribution in [3.05, 3.63) is 0 Å². The molecule has 0 saturated heterocycles. The fourth-order valence-corrected chi connectivity index (χ4v) is 0.898. The summed E-state index contributed by atoms with van der Waals surface area (Å²) in [6.45, 7) is 2.51. The largest absolute Gasteiger partial charge is 0.488 e. The van der Waals surface area contributed by atoms with Crippen molar-refractivity contribution in [2.24, 2.45) is 0 Å². The summed E-state index contributed by atoms with van der Waals surface area (Å²) in [5, 5.41) is 9.02. The Hall–Kier alpha value is 0.360. The second-order valence-corrected chi connectivity index (χ2v) is 4.37. The summed E-state index contributed by atoms with van der Waals surface area (Å²) in [5.41, 5.74) is -1.19. The van der Waals surface area contributed by atoms with Crippen molar-refractivity contribution < 1.29 is 23.2 Å². The van der Waals surface area contributed by atoms with Gasteiger partial charge in [0.05, 0.1) is 24.1 Å². The summed E-state index contributed by atoms with van der Waals surface area (Å²) in [4.78, 5) is 8.55. The summed E-state index contributed by atoms with van der Waals surface area (Å²) in [7, 11) is -4.16. The molecular weight excluding hydrogens is 194 g/mol. The van der Waals surface area contributed by atoms with Crippen LogP contribution >= 0.6 is 19.7 Å². The van der Waals surface area contributed by atoms with Gasteiger partial charge in [-0.1, -0.05) is 0 Å². The first-order chi connectivity index (χ1) is 4.77. The average Bonchev–Trinajstić information content (AvgIpc) is 1.83. The van der Waals surface area contributed by atoms with E-state index in [0.29, 0.717) is 0 Å². The highest BCUT2D eigenvalue weighted by molar-refractivity contribution is 7.48. The van der Waals surface area contributed by atoms with Crippen LogP contribution in [0, 0.1) is 0 Å². The second kappa shape index (κ2) is 3.85. The van der Waals surface area contributed by atoms with Crippen molar-refractivity contribution in [1.82, 2.24) is 0 Å². The van der Waals surface area contributed by atoms with Crippen LogP contribution < -0.4 is 0 Å². The summed E-state index contributed by atoms with van der Waals surface area (Å²) in [6.07, 6.45) is 0. The quantitative estimate of drug-likeness (QED) is 0.670. The van der Waals surface area contributed by atoms with Crippen LogP contribution in [0.15, 0.2) is 0 Å². The normalized spacial score (nSPS) is 17.9. The maximum atomic E-state index is 10.5. The van der Waals surface area contributed by atoms with Gasteiger partial charge >= 0.3 is 7.82 Å². The molecular formula is C4H10ClO5P. The van der Waals surface area contributed by atoms with Gasteiger partial charge in [0.2, 0.25) is 0 Å². The van der Waals surface area contributed by atoms with Crippen LogP contribution in [0.1, 0.15) is 13.8 Å². The third kappa shape index (κ3) is 6.75. The first-order valence-corrected chi connectivity index (χ1v) is 4.57. The molecule has 0 heterocycles. The maximum Gasteiger partial charge on any atom is 0.488 e. The predicted molar refractivity (Wildman–Crippen MR) is 39.0 cm³/mol. The highest BCUT2D eigenvalue weighted by Gasteiger charge is 2.24. The third-order valence-corrected chi connectivity index (χ3v) is 1.82. The van der Waals surface area contributed by atoms with Crippen LogP contribution in [0.4, 0.5) is 0 Å². The Morgan fingerprint density at radius 2 is 2.09 bits per heavy atom. The molecule has 11 heavy (non-hydrogen) atoms. The zero-order chi connectivity index (χ0) is 9.12. The van der Waals surface area contributed by atoms with Crippen molar-refractivity contribution in [3.63, 3.8) is 0 Å². The molecule has 5 nitrogen and oxygen atoms in total. The van der Waals surface area contributed by atoms with Crippen molar-refractivity contribution in [2.75, 3.05) is 6.61 Å². The Bertz CT molecular complexity index is 164. The molecule has 0 aliphatic rings. The molecule has 7 heteroatoms. The standard InChI is InChI=1S/C4H10ClO5P/c1-4(2,6)3-9-11(7,8)10-5/h6H,3H2,1-2H3,(H,7,8). The minimum atomic E-state index is -4.16. The number of halogens is 1. The van der Waals surface area contributed by atoms with Gasteiger partial charge in [0.15, 0.2) is 0 Å². The van der Waals surface area contributed by atoms with Gasteiger partial charge in [0, 0.05) is 0 Å². The van der Waals surface area contributed by atoms with Crippen LogP contribution in [0.3, 0.4) is 0 Å². The Morgan fingerprint density at radius 1 is 1.64 bits per heavy atom. The van der Waals surface area contributed by atoms with Gasteiger partial charge < -0.3 is 10.00 Å². The second-order valence-electron chi connectivity index (χ2n) is 2.62. The highest BCUT2D eigenvalue weighted by Crippen LogP contribution is 2.44. The molecule has 0 aliphatic carbocycles. The predicted octanol–water partition coefficient (Wildman–Crippen LogP) is 1.04. The lowest BCUT2D eigenvalue weighted by Crippen LogP contribution is -2.25. The molecule has 0 saturated carbocycles. The topological polar surface area (TPSA) is 76.0 Å². The fraction of sp³-hybridized carbons (Fsp3) is 1.00. The molecule has 0 aliphatic heterocycles. The van der Waals surface area contributed by atoms with Crippen LogP contribution in [0.5, 0.6) is 0 Å². The van der Waals surface area contributed by atoms with E-state index in [1.54, 1.807) is 0 Å². The Labute approximate surface area is 69.7 Å². The smallest absolute Gasteiger partial charge is 0.388 e. The van der Waals surface area contributed by atoms with Crippen LogP contribution in [0.2, 0.25) is 0 Å². The Kier molecular flexibility index (Phi) is 3.97. The van der Waals surface area contributed by atoms with Crippen LogP contribution in [-0.4, -0.2) is 22.2 Å². The number of phosphoric acid groups is 1. The van der Waals surface area contributed by atoms with Crippen molar-refractivity contribution in [2.45, 2.75) is 19.4 Å². The van der Waals surface area contributed by atoms with E-state index < -0.39 is 13.4 Å². The number of hydrogen-bond acceptors (Lipinski definition) is 4. The number of rotatable bonds is 4. The van der Waals surface area contributed by atoms with Crippen molar-refractivity contribution >= 4 is 19.7 Å². The molecule has 0 aromatic rings. The maximum absolute atomic E-state index is 10.5. The Balaban J connectivity index is 3.80. The van der Waals surface area contributed by atoms with E-state index in [1.807, 2.05) is 0 Å². The van der Waals surface area contributed by atoms with Gasteiger partial charge in [0.1, 0.15) is 0 Å². The molecule has 0 rings (SSSR count). The number of aliphatic hydroxyl groups is 1. The fourth-order valence-electron chi connectivity index (χ4n) is 0.259. The minimum Gasteiger partial charge on any atom is -0.388 e. The van der Waals surface area contributed by atoms with Crippen LogP contribution in [0.25, 0.3) is 0 Å². The van der Waals surface area contributed by atoms with Gasteiger partial charge in [-0.25, -0.2) is 4.57 Å². The summed E-state index contributed by atoms with van der Waals surface area (Å²) >= 11 is 4.60. The summed E-state index contributed by atoms with van der Waals surface area (Å²) in [5.74, 6) is 0. The molecule has 2 N–H and O–H groups in total. The van der Waals surface area contributed by atoms with E-state index in [0.717, 1.165) is 0 Å². The molecule has 1 unspecified atom stereocenters. The molecule has 0 amide bonds. The third-order valence-electron chi connectivity index (χ3n) is 0.668. The van der Waals surface area contributed by atoms with Gasteiger partial charge in [-0.3, -0.25) is 4.52 Å². The van der Waals surface area contributed by atoms with E-state index in [9.17, 15) is 4.57 Å². The van der Waals surface area contributed by atoms with Gasteiger partial charge in [-0.05, 0) is 13.8 Å². The lowest BCUT2D eigenvalue weighted by Gasteiger charge is -2.17. The van der Waals surface area contributed by atoms with Gasteiger partial charge in [0.25, 0.3) is 0 Å². The minimum absolute atomic E-state index is 0.326. The Morgan fingerprint density at radius 3 is 2.36 bits per heavy atom.